The maximum Gasteiger partial charge on any atom is 0.258 e. The number of benzene rings is 1. The fourth-order valence-corrected chi connectivity index (χ4v) is 4.70. The molecule has 2 aliphatic rings. The standard InChI is InChI=1S/C24H25ClN4O3/c1-3-26-23(30)19-10-15(32-2)9-17(20(19)25)18-8-14-11-28-22-16(6-7-27-22)21(14)29(24(18)31)12-13-4-5-13/h8-11,13H,3-7,12H2,1-2H3,(H,26,30)(H,27,28). The van der Waals surface area contributed by atoms with E-state index in [2.05, 4.69) is 15.6 Å². The van der Waals surface area contributed by atoms with E-state index in [0.717, 1.165) is 48.1 Å². The number of fused-ring (bicyclic) bond motifs is 3. The minimum Gasteiger partial charge on any atom is -0.497 e. The van der Waals surface area contributed by atoms with Gasteiger partial charge in [-0.1, -0.05) is 11.6 Å². The van der Waals surface area contributed by atoms with Crippen LogP contribution in [0.3, 0.4) is 0 Å². The molecule has 32 heavy (non-hydrogen) atoms. The number of aromatic nitrogens is 2. The third kappa shape index (κ3) is 3.50. The molecule has 1 aromatic carbocycles. The second-order valence-electron chi connectivity index (χ2n) is 8.38. The number of carbonyl (C=O) groups excluding carboxylic acids is 1. The number of methoxy groups -OCH3 is 1. The van der Waals surface area contributed by atoms with E-state index in [1.165, 1.54) is 7.11 Å². The van der Waals surface area contributed by atoms with Gasteiger partial charge in [-0.2, -0.15) is 0 Å². The first-order chi connectivity index (χ1) is 15.5. The van der Waals surface area contributed by atoms with Gasteiger partial charge in [0.1, 0.15) is 11.6 Å². The van der Waals surface area contributed by atoms with Crippen LogP contribution in [0.4, 0.5) is 5.82 Å². The largest absolute Gasteiger partial charge is 0.497 e. The van der Waals surface area contributed by atoms with Gasteiger partial charge in [0.2, 0.25) is 0 Å². The first kappa shape index (κ1) is 20.8. The zero-order valence-corrected chi connectivity index (χ0v) is 18.9. The van der Waals surface area contributed by atoms with Crippen LogP contribution in [-0.4, -0.2) is 35.7 Å². The Bertz CT molecular complexity index is 1300. The maximum atomic E-state index is 13.8. The molecule has 2 aromatic heterocycles. The fraction of sp³-hybridized carbons (Fsp3) is 0.375. The van der Waals surface area contributed by atoms with E-state index in [-0.39, 0.29) is 22.1 Å². The van der Waals surface area contributed by atoms with E-state index < -0.39 is 0 Å². The molecule has 1 amide bonds. The lowest BCUT2D eigenvalue weighted by Gasteiger charge is -2.17. The lowest BCUT2D eigenvalue weighted by molar-refractivity contribution is 0.0955. The minimum absolute atomic E-state index is 0.110. The third-order valence-electron chi connectivity index (χ3n) is 6.18. The van der Waals surface area contributed by atoms with Gasteiger partial charge in [-0.05, 0) is 50.3 Å². The van der Waals surface area contributed by atoms with Crippen molar-refractivity contribution in [3.05, 3.63) is 50.9 Å². The highest BCUT2D eigenvalue weighted by Gasteiger charge is 2.27. The van der Waals surface area contributed by atoms with Gasteiger partial charge in [0, 0.05) is 47.9 Å². The van der Waals surface area contributed by atoms with Crippen molar-refractivity contribution in [3.63, 3.8) is 0 Å². The molecule has 0 bridgehead atoms. The Morgan fingerprint density at radius 3 is 2.84 bits per heavy atom. The maximum absolute atomic E-state index is 13.8. The van der Waals surface area contributed by atoms with Crippen LogP contribution in [0.2, 0.25) is 5.02 Å². The van der Waals surface area contributed by atoms with Crippen LogP contribution in [0.1, 0.15) is 35.7 Å². The zero-order chi connectivity index (χ0) is 22.4. The lowest BCUT2D eigenvalue weighted by atomic mass is 10.00. The van der Waals surface area contributed by atoms with Crippen molar-refractivity contribution in [2.24, 2.45) is 5.92 Å². The van der Waals surface area contributed by atoms with Crippen LogP contribution in [0.25, 0.3) is 22.0 Å². The summed E-state index contributed by atoms with van der Waals surface area (Å²) in [5.74, 6) is 1.53. The molecule has 8 heteroatoms. The number of rotatable bonds is 6. The van der Waals surface area contributed by atoms with E-state index in [9.17, 15) is 9.59 Å². The molecule has 1 fully saturated rings. The third-order valence-corrected chi connectivity index (χ3v) is 6.59. The molecule has 0 spiro atoms. The first-order valence-electron chi connectivity index (χ1n) is 11.0. The van der Waals surface area contributed by atoms with E-state index in [4.69, 9.17) is 16.3 Å². The smallest absolute Gasteiger partial charge is 0.258 e. The van der Waals surface area contributed by atoms with Crippen LogP contribution < -0.4 is 20.9 Å². The molecule has 0 atom stereocenters. The monoisotopic (exact) mass is 452 g/mol. The van der Waals surface area contributed by atoms with Gasteiger partial charge in [0.25, 0.3) is 11.5 Å². The Hall–Kier alpha value is -3.06. The highest BCUT2D eigenvalue weighted by Crippen LogP contribution is 2.37. The van der Waals surface area contributed by atoms with Crippen LogP contribution in [0, 0.1) is 5.92 Å². The summed E-state index contributed by atoms with van der Waals surface area (Å²) in [5, 5.41) is 7.20. The minimum atomic E-state index is -0.303. The van der Waals surface area contributed by atoms with Crippen molar-refractivity contribution < 1.29 is 9.53 Å². The number of nitrogens with one attached hydrogen (secondary N) is 2. The average Bonchev–Trinajstić information content (AvgIpc) is 3.48. The first-order valence-corrected chi connectivity index (χ1v) is 11.3. The molecule has 1 aliphatic carbocycles. The van der Waals surface area contributed by atoms with E-state index >= 15 is 0 Å². The molecule has 3 heterocycles. The van der Waals surface area contributed by atoms with E-state index in [1.54, 1.807) is 18.3 Å². The van der Waals surface area contributed by atoms with Crippen LogP contribution in [0.15, 0.2) is 29.2 Å². The number of nitrogens with zero attached hydrogens (tertiary/aromatic N) is 2. The Morgan fingerprint density at radius 1 is 1.31 bits per heavy atom. The SMILES string of the molecule is CCNC(=O)c1cc(OC)cc(-c2cc3cnc4c(c3n(CC3CC3)c2=O)CCN4)c1Cl. The summed E-state index contributed by atoms with van der Waals surface area (Å²) >= 11 is 6.70. The van der Waals surface area contributed by atoms with Crippen LogP contribution in [0.5, 0.6) is 5.75 Å². The Balaban J connectivity index is 1.77. The number of carbonyl (C=O) groups is 1. The summed E-state index contributed by atoms with van der Waals surface area (Å²) in [5.41, 5.74) is 3.15. The van der Waals surface area contributed by atoms with Crippen molar-refractivity contribution in [2.75, 3.05) is 25.5 Å². The molecule has 3 aromatic rings. The van der Waals surface area contributed by atoms with Gasteiger partial charge in [-0.3, -0.25) is 9.59 Å². The predicted octanol–water partition coefficient (Wildman–Crippen LogP) is 3.85. The van der Waals surface area contributed by atoms with Gasteiger partial charge >= 0.3 is 0 Å². The van der Waals surface area contributed by atoms with Crippen molar-refractivity contribution in [2.45, 2.75) is 32.7 Å². The number of amides is 1. The Labute approximate surface area is 190 Å². The topological polar surface area (TPSA) is 85.2 Å². The lowest BCUT2D eigenvalue weighted by Crippen LogP contribution is -2.25. The van der Waals surface area contributed by atoms with E-state index in [1.807, 2.05) is 17.6 Å². The summed E-state index contributed by atoms with van der Waals surface area (Å²) < 4.78 is 7.31. The number of hydrogen-bond acceptors (Lipinski definition) is 5. The molecule has 1 aliphatic heterocycles. The number of anilines is 1. The second-order valence-corrected chi connectivity index (χ2v) is 8.76. The molecule has 7 nitrogen and oxygen atoms in total. The van der Waals surface area contributed by atoms with Crippen molar-refractivity contribution in [1.29, 1.82) is 0 Å². The summed E-state index contributed by atoms with van der Waals surface area (Å²) in [4.78, 5) is 31.0. The zero-order valence-electron chi connectivity index (χ0n) is 18.1. The van der Waals surface area contributed by atoms with Crippen molar-refractivity contribution >= 4 is 34.2 Å². The summed E-state index contributed by atoms with van der Waals surface area (Å²) in [7, 11) is 1.53. The number of hydrogen-bond donors (Lipinski definition) is 2. The Kier molecular flexibility index (Phi) is 5.29. The van der Waals surface area contributed by atoms with Crippen molar-refractivity contribution in [3.8, 4) is 16.9 Å². The molecular weight excluding hydrogens is 428 g/mol. The second kappa shape index (κ2) is 8.13. The Morgan fingerprint density at radius 2 is 2.12 bits per heavy atom. The highest BCUT2D eigenvalue weighted by molar-refractivity contribution is 6.36. The molecule has 5 rings (SSSR count). The molecule has 1 saturated carbocycles. The number of ether oxygens (including phenoxy) is 1. The molecule has 0 saturated heterocycles. The quantitative estimate of drug-likeness (QED) is 0.593. The fourth-order valence-electron chi connectivity index (χ4n) is 4.40. The molecular formula is C24H25ClN4O3. The normalized spacial score (nSPS) is 14.8. The van der Waals surface area contributed by atoms with Crippen molar-refractivity contribution in [1.82, 2.24) is 14.9 Å². The summed E-state index contributed by atoms with van der Waals surface area (Å²) in [6.07, 6.45) is 4.90. The highest BCUT2D eigenvalue weighted by atomic mass is 35.5. The van der Waals surface area contributed by atoms with Gasteiger partial charge in [-0.25, -0.2) is 4.98 Å². The molecule has 0 radical (unpaired) electrons. The summed E-state index contributed by atoms with van der Waals surface area (Å²) in [6, 6.07) is 5.16. The summed E-state index contributed by atoms with van der Waals surface area (Å²) in [6.45, 7) is 3.80. The van der Waals surface area contributed by atoms with Gasteiger partial charge < -0.3 is 19.9 Å². The molecule has 0 unspecified atom stereocenters. The van der Waals surface area contributed by atoms with Gasteiger partial charge in [0.15, 0.2) is 0 Å². The number of halogens is 1. The number of pyridine rings is 2. The predicted molar refractivity (Wildman–Crippen MR) is 126 cm³/mol. The average molecular weight is 453 g/mol. The van der Waals surface area contributed by atoms with Crippen LogP contribution in [-0.2, 0) is 13.0 Å². The van der Waals surface area contributed by atoms with Gasteiger partial charge in [0.05, 0.1) is 23.2 Å². The molecule has 166 valence electrons. The van der Waals surface area contributed by atoms with Gasteiger partial charge in [-0.15, -0.1) is 0 Å². The van der Waals surface area contributed by atoms with E-state index in [0.29, 0.717) is 35.9 Å². The van der Waals surface area contributed by atoms with Crippen LogP contribution >= 0.6 is 11.6 Å². The molecule has 2 N–H and O–H groups in total.